The maximum absolute atomic E-state index is 13.5. The van der Waals surface area contributed by atoms with Crippen molar-refractivity contribution in [2.45, 2.75) is 90.5 Å². The molecule has 0 saturated carbocycles. The molecule has 2 aromatic carbocycles. The number of ether oxygens (including phenoxy) is 3. The average molecular weight is 617 g/mol. The molecule has 0 heterocycles. The van der Waals surface area contributed by atoms with Crippen molar-refractivity contribution in [1.29, 1.82) is 0 Å². The Labute approximate surface area is 257 Å². The van der Waals surface area contributed by atoms with Crippen LogP contribution in [0.1, 0.15) is 66.4 Å². The maximum atomic E-state index is 13.5. The second-order valence-corrected chi connectivity index (χ2v) is 12.2. The first kappa shape index (κ1) is 35.8. The zero-order valence-electron chi connectivity index (χ0n) is 26.5. The Morgan fingerprint density at radius 2 is 1.45 bits per heavy atom. The van der Waals surface area contributed by atoms with E-state index in [1.165, 1.54) is 7.11 Å². The van der Waals surface area contributed by atoms with E-state index in [2.05, 4.69) is 21.3 Å². The molecule has 0 radical (unpaired) electrons. The van der Waals surface area contributed by atoms with Crippen molar-refractivity contribution in [2.75, 3.05) is 25.5 Å². The van der Waals surface area contributed by atoms with E-state index in [0.29, 0.717) is 19.4 Å². The van der Waals surface area contributed by atoms with Gasteiger partial charge in [0, 0.05) is 13.0 Å². The van der Waals surface area contributed by atoms with Crippen LogP contribution in [0.25, 0.3) is 0 Å². The summed E-state index contributed by atoms with van der Waals surface area (Å²) in [7, 11) is 1.31. The lowest BCUT2D eigenvalue weighted by molar-refractivity contribution is -0.159. The van der Waals surface area contributed by atoms with E-state index in [4.69, 9.17) is 14.2 Å². The Morgan fingerprint density at radius 1 is 0.818 bits per heavy atom. The van der Waals surface area contributed by atoms with Gasteiger partial charge in [0.25, 0.3) is 10.9 Å². The highest BCUT2D eigenvalue weighted by molar-refractivity contribution is 5.92. The van der Waals surface area contributed by atoms with E-state index in [1.54, 1.807) is 65.8 Å². The van der Waals surface area contributed by atoms with Crippen LogP contribution in [0.3, 0.4) is 0 Å². The van der Waals surface area contributed by atoms with Crippen LogP contribution in [-0.2, 0) is 30.3 Å². The molecule has 3 amide bonds. The smallest absolute Gasteiger partial charge is 0.408 e. The molecule has 0 aliphatic rings. The SMILES string of the molecule is COc1c(NCCCC[C@H](NC(=O)[C@H](Cc2ccccc2)NC(=O)CNC(=O)OC(C)(C)C)C(=O)OC(C)(C)C)c(=O)c1=O. The summed E-state index contributed by atoms with van der Waals surface area (Å²) in [6.45, 7) is 10.1. The van der Waals surface area contributed by atoms with Crippen LogP contribution in [0.4, 0.5) is 10.5 Å². The molecule has 0 fully saturated rings. The number of carbonyl (C=O) groups is 4. The van der Waals surface area contributed by atoms with Crippen LogP contribution in [0.5, 0.6) is 5.75 Å². The Kier molecular flexibility index (Phi) is 12.9. The molecule has 0 aliphatic carbocycles. The molecule has 44 heavy (non-hydrogen) atoms. The molecule has 0 bridgehead atoms. The van der Waals surface area contributed by atoms with Crippen molar-refractivity contribution in [3.63, 3.8) is 0 Å². The fourth-order valence-electron chi connectivity index (χ4n) is 4.08. The molecule has 13 heteroatoms. The zero-order valence-corrected chi connectivity index (χ0v) is 26.5. The largest absolute Gasteiger partial charge is 0.491 e. The fraction of sp³-hybridized carbons (Fsp3) is 0.548. The topological polar surface area (TPSA) is 178 Å². The Balaban J connectivity index is 2.09. The van der Waals surface area contributed by atoms with E-state index >= 15 is 0 Å². The molecular weight excluding hydrogens is 572 g/mol. The van der Waals surface area contributed by atoms with Gasteiger partial charge in [0.05, 0.1) is 7.11 Å². The van der Waals surface area contributed by atoms with Gasteiger partial charge in [-0.05, 0) is 66.4 Å². The van der Waals surface area contributed by atoms with Crippen molar-refractivity contribution in [2.24, 2.45) is 0 Å². The van der Waals surface area contributed by atoms with Crippen LogP contribution in [-0.4, -0.2) is 67.4 Å². The van der Waals surface area contributed by atoms with Gasteiger partial charge in [-0.3, -0.25) is 19.2 Å². The highest BCUT2D eigenvalue weighted by atomic mass is 16.6. The van der Waals surface area contributed by atoms with Crippen molar-refractivity contribution < 1.29 is 33.4 Å². The summed E-state index contributed by atoms with van der Waals surface area (Å²) < 4.78 is 15.6. The number of unbranched alkanes of at least 4 members (excludes halogenated alkanes) is 1. The number of hydrogen-bond donors (Lipinski definition) is 4. The molecule has 0 spiro atoms. The van der Waals surface area contributed by atoms with Gasteiger partial charge in [0.1, 0.15) is 35.5 Å². The summed E-state index contributed by atoms with van der Waals surface area (Å²) in [6.07, 6.45) is 0.498. The Bertz CT molecular complexity index is 1350. The third-order valence-electron chi connectivity index (χ3n) is 6.03. The van der Waals surface area contributed by atoms with Gasteiger partial charge in [0.15, 0.2) is 5.75 Å². The van der Waals surface area contributed by atoms with Gasteiger partial charge in [-0.2, -0.15) is 0 Å². The van der Waals surface area contributed by atoms with Crippen LogP contribution in [0.15, 0.2) is 39.9 Å². The first-order valence-corrected chi connectivity index (χ1v) is 14.4. The first-order chi connectivity index (χ1) is 20.5. The molecule has 242 valence electrons. The van der Waals surface area contributed by atoms with Crippen LogP contribution in [0.2, 0.25) is 0 Å². The van der Waals surface area contributed by atoms with Gasteiger partial charge in [-0.25, -0.2) is 9.59 Å². The van der Waals surface area contributed by atoms with E-state index in [9.17, 15) is 28.8 Å². The van der Waals surface area contributed by atoms with Crippen molar-refractivity contribution in [1.82, 2.24) is 16.0 Å². The molecule has 4 N–H and O–H groups in total. The van der Waals surface area contributed by atoms with Crippen LogP contribution >= 0.6 is 0 Å². The second kappa shape index (κ2) is 15.9. The lowest BCUT2D eigenvalue weighted by Gasteiger charge is -2.26. The molecule has 2 aromatic rings. The molecular formula is C31H44N4O9. The van der Waals surface area contributed by atoms with Crippen molar-refractivity contribution in [3.8, 4) is 5.75 Å². The number of methoxy groups -OCH3 is 1. The minimum Gasteiger partial charge on any atom is -0.491 e. The van der Waals surface area contributed by atoms with Crippen molar-refractivity contribution >= 4 is 29.6 Å². The van der Waals surface area contributed by atoms with Crippen LogP contribution in [0, 0.1) is 0 Å². The lowest BCUT2D eigenvalue weighted by Crippen LogP contribution is -2.54. The van der Waals surface area contributed by atoms with Crippen molar-refractivity contribution in [3.05, 3.63) is 56.3 Å². The zero-order chi connectivity index (χ0) is 33.1. The predicted molar refractivity (Wildman–Crippen MR) is 164 cm³/mol. The summed E-state index contributed by atoms with van der Waals surface area (Å²) >= 11 is 0. The summed E-state index contributed by atoms with van der Waals surface area (Å²) in [4.78, 5) is 74.5. The van der Waals surface area contributed by atoms with E-state index in [1.807, 2.05) is 6.07 Å². The Morgan fingerprint density at radius 3 is 2.05 bits per heavy atom. The number of hydrogen-bond acceptors (Lipinski definition) is 10. The number of benzene rings is 1. The molecule has 0 aromatic heterocycles. The average Bonchev–Trinajstić information content (AvgIpc) is 2.92. The second-order valence-electron chi connectivity index (χ2n) is 12.2. The molecule has 0 aliphatic heterocycles. The third kappa shape index (κ3) is 12.1. The minimum atomic E-state index is -1.07. The highest BCUT2D eigenvalue weighted by Gasteiger charge is 2.30. The van der Waals surface area contributed by atoms with Gasteiger partial charge < -0.3 is 35.5 Å². The molecule has 2 atom stereocenters. The van der Waals surface area contributed by atoms with E-state index < -0.39 is 64.6 Å². The van der Waals surface area contributed by atoms with Gasteiger partial charge in [-0.15, -0.1) is 0 Å². The number of esters is 1. The number of anilines is 1. The molecule has 2 rings (SSSR count). The van der Waals surface area contributed by atoms with E-state index in [-0.39, 0.29) is 24.3 Å². The quantitative estimate of drug-likeness (QED) is 0.131. The van der Waals surface area contributed by atoms with Gasteiger partial charge in [0.2, 0.25) is 11.8 Å². The number of rotatable bonds is 15. The number of alkyl carbamates (subject to hydrolysis) is 1. The Hall–Kier alpha value is -4.42. The standard InChI is InChI=1S/C31H44N4O9/c1-30(2,3)43-28(40)20(15-11-12-16-32-23-24(37)25(38)26(23)42-7)35-27(39)21(17-19-13-9-8-10-14-19)34-22(36)18-33-29(41)44-31(4,5)6/h8-10,13-14,20-21,32H,11-12,15-18H2,1-7H3,(H,33,41)(H,34,36)(H,35,39)/t20-,21-/m0/s1. The number of amides is 3. The molecule has 0 unspecified atom stereocenters. The third-order valence-corrected chi connectivity index (χ3v) is 6.03. The first-order valence-electron chi connectivity index (χ1n) is 14.4. The monoisotopic (exact) mass is 616 g/mol. The maximum Gasteiger partial charge on any atom is 0.408 e. The molecule has 13 nitrogen and oxygen atoms in total. The van der Waals surface area contributed by atoms with Gasteiger partial charge in [-0.1, -0.05) is 30.3 Å². The number of carbonyl (C=O) groups excluding carboxylic acids is 4. The van der Waals surface area contributed by atoms with Gasteiger partial charge >= 0.3 is 12.1 Å². The summed E-state index contributed by atoms with van der Waals surface area (Å²) in [5.41, 5.74) is -2.00. The molecule has 0 saturated heterocycles. The summed E-state index contributed by atoms with van der Waals surface area (Å²) in [5, 5.41) is 10.6. The normalized spacial score (nSPS) is 12.9. The summed E-state index contributed by atoms with van der Waals surface area (Å²) in [5.74, 6) is -1.89. The number of nitrogens with one attached hydrogen (secondary N) is 4. The van der Waals surface area contributed by atoms with E-state index in [0.717, 1.165) is 5.56 Å². The minimum absolute atomic E-state index is 0.0123. The summed E-state index contributed by atoms with van der Waals surface area (Å²) in [6, 6.07) is 6.92. The lowest BCUT2D eigenvalue weighted by atomic mass is 10.0. The van der Waals surface area contributed by atoms with Crippen LogP contribution < -0.4 is 36.9 Å². The predicted octanol–water partition coefficient (Wildman–Crippen LogP) is 1.95. The highest BCUT2D eigenvalue weighted by Crippen LogP contribution is 2.17. The fourth-order valence-corrected chi connectivity index (χ4v) is 4.08.